The molecule has 4 rings (SSSR count). The molecule has 0 bridgehead atoms. The molecule has 27 heavy (non-hydrogen) atoms. The average molecular weight is 382 g/mol. The number of piperidine rings is 1. The average Bonchev–Trinajstić information content (AvgIpc) is 3.27. The van der Waals surface area contributed by atoms with E-state index < -0.39 is 0 Å². The Morgan fingerprint density at radius 3 is 2.59 bits per heavy atom. The summed E-state index contributed by atoms with van der Waals surface area (Å²) in [4.78, 5) is 29.2. The van der Waals surface area contributed by atoms with Crippen molar-refractivity contribution in [1.29, 1.82) is 0 Å². The number of hydrogen-bond donors (Lipinski definition) is 0. The zero-order chi connectivity index (χ0) is 19.0. The van der Waals surface area contributed by atoms with Crippen molar-refractivity contribution in [2.75, 3.05) is 13.1 Å². The minimum absolute atomic E-state index is 0.0564. The van der Waals surface area contributed by atoms with Gasteiger partial charge in [0.05, 0.1) is 21.3 Å². The molecule has 140 valence electrons. The van der Waals surface area contributed by atoms with E-state index in [1.807, 2.05) is 24.8 Å². The van der Waals surface area contributed by atoms with Gasteiger partial charge in [0.1, 0.15) is 11.5 Å². The summed E-state index contributed by atoms with van der Waals surface area (Å²) < 4.78 is 1.63. The minimum Gasteiger partial charge on any atom is -0.337 e. The second kappa shape index (κ2) is 7.19. The second-order valence-electron chi connectivity index (χ2n) is 6.86. The summed E-state index contributed by atoms with van der Waals surface area (Å²) in [5.41, 5.74) is 2.59. The summed E-state index contributed by atoms with van der Waals surface area (Å²) in [5, 5.41) is 5.24. The number of carbonyl (C=O) groups excluding carboxylic acids is 1. The number of nitrogens with zero attached hydrogens (tertiary/aromatic N) is 6. The number of amides is 1. The molecule has 0 spiro atoms. The maximum absolute atomic E-state index is 12.6. The van der Waals surface area contributed by atoms with Gasteiger partial charge in [0.2, 0.25) is 0 Å². The van der Waals surface area contributed by atoms with E-state index in [0.29, 0.717) is 11.6 Å². The number of likely N-dealkylation sites (tertiary alicyclic amines) is 1. The molecule has 0 radical (unpaired) electrons. The summed E-state index contributed by atoms with van der Waals surface area (Å²) in [6.07, 6.45) is 5.31. The van der Waals surface area contributed by atoms with Crippen molar-refractivity contribution in [1.82, 2.24) is 29.6 Å². The molecule has 1 saturated heterocycles. The van der Waals surface area contributed by atoms with Crippen LogP contribution >= 0.6 is 11.3 Å². The SMILES string of the molecule is Cc1nccc(-c2sc(C3CCN(C(=O)c4ccnn4C)CC3)nc2C)n1. The minimum atomic E-state index is 0.0564. The molecule has 3 aromatic heterocycles. The maximum Gasteiger partial charge on any atom is 0.272 e. The van der Waals surface area contributed by atoms with Crippen LogP contribution in [0.4, 0.5) is 0 Å². The fourth-order valence-electron chi connectivity index (χ4n) is 3.49. The molecule has 7 nitrogen and oxygen atoms in total. The fraction of sp³-hybridized carbons (Fsp3) is 0.421. The molecular formula is C19H22N6OS. The van der Waals surface area contributed by atoms with Gasteiger partial charge < -0.3 is 4.90 Å². The van der Waals surface area contributed by atoms with E-state index in [0.717, 1.165) is 53.0 Å². The van der Waals surface area contributed by atoms with E-state index in [1.54, 1.807) is 41.5 Å². The molecule has 0 unspecified atom stereocenters. The Bertz CT molecular complexity index is 970. The van der Waals surface area contributed by atoms with Gasteiger partial charge in [0, 0.05) is 38.4 Å². The van der Waals surface area contributed by atoms with Crippen LogP contribution < -0.4 is 0 Å². The molecule has 1 aliphatic heterocycles. The van der Waals surface area contributed by atoms with Crippen LogP contribution in [0, 0.1) is 13.8 Å². The van der Waals surface area contributed by atoms with Gasteiger partial charge in [-0.3, -0.25) is 9.48 Å². The highest BCUT2D eigenvalue weighted by atomic mass is 32.1. The summed E-state index contributed by atoms with van der Waals surface area (Å²) in [6.45, 7) is 5.42. The van der Waals surface area contributed by atoms with Gasteiger partial charge in [-0.05, 0) is 38.8 Å². The Labute approximate surface area is 162 Å². The third kappa shape index (κ3) is 3.49. The summed E-state index contributed by atoms with van der Waals surface area (Å²) in [6, 6.07) is 3.71. The fourth-order valence-corrected chi connectivity index (χ4v) is 4.69. The van der Waals surface area contributed by atoms with E-state index in [4.69, 9.17) is 4.98 Å². The lowest BCUT2D eigenvalue weighted by molar-refractivity contribution is 0.0701. The molecule has 1 fully saturated rings. The molecular weight excluding hydrogens is 360 g/mol. The van der Waals surface area contributed by atoms with Crippen molar-refractivity contribution in [3.8, 4) is 10.6 Å². The van der Waals surface area contributed by atoms with Crippen LogP contribution in [0.3, 0.4) is 0 Å². The molecule has 3 aromatic rings. The summed E-state index contributed by atoms with van der Waals surface area (Å²) in [5.74, 6) is 1.21. The quantitative estimate of drug-likeness (QED) is 0.696. The van der Waals surface area contributed by atoms with Crippen LogP contribution in [-0.4, -0.2) is 48.6 Å². The first kappa shape index (κ1) is 17.8. The second-order valence-corrected chi connectivity index (χ2v) is 7.89. The van der Waals surface area contributed by atoms with Gasteiger partial charge in [-0.25, -0.2) is 15.0 Å². The van der Waals surface area contributed by atoms with E-state index in [1.165, 1.54) is 0 Å². The van der Waals surface area contributed by atoms with Crippen LogP contribution in [0.25, 0.3) is 10.6 Å². The normalized spacial score (nSPS) is 15.3. The predicted molar refractivity (Wildman–Crippen MR) is 104 cm³/mol. The Morgan fingerprint density at radius 2 is 1.93 bits per heavy atom. The number of aromatic nitrogens is 5. The van der Waals surface area contributed by atoms with Crippen LogP contribution in [-0.2, 0) is 7.05 Å². The van der Waals surface area contributed by atoms with Crippen LogP contribution in [0.15, 0.2) is 24.5 Å². The van der Waals surface area contributed by atoms with Crippen LogP contribution in [0.2, 0.25) is 0 Å². The van der Waals surface area contributed by atoms with E-state index >= 15 is 0 Å². The maximum atomic E-state index is 12.6. The number of aryl methyl sites for hydroxylation is 3. The van der Waals surface area contributed by atoms with Crippen molar-refractivity contribution < 1.29 is 4.79 Å². The molecule has 8 heteroatoms. The lowest BCUT2D eigenvalue weighted by atomic mass is 9.97. The van der Waals surface area contributed by atoms with E-state index in [9.17, 15) is 4.79 Å². The van der Waals surface area contributed by atoms with Crippen molar-refractivity contribution in [2.45, 2.75) is 32.6 Å². The van der Waals surface area contributed by atoms with Crippen molar-refractivity contribution in [3.05, 3.63) is 46.7 Å². The molecule has 0 aliphatic carbocycles. The lowest BCUT2D eigenvalue weighted by Crippen LogP contribution is -2.38. The smallest absolute Gasteiger partial charge is 0.272 e. The summed E-state index contributed by atoms with van der Waals surface area (Å²) >= 11 is 1.72. The number of carbonyl (C=O) groups is 1. The van der Waals surface area contributed by atoms with Gasteiger partial charge in [0.15, 0.2) is 0 Å². The van der Waals surface area contributed by atoms with Gasteiger partial charge in [-0.1, -0.05) is 0 Å². The Hall–Kier alpha value is -2.61. The molecule has 4 heterocycles. The van der Waals surface area contributed by atoms with Crippen LogP contribution in [0.1, 0.15) is 45.8 Å². The number of hydrogen-bond acceptors (Lipinski definition) is 6. The van der Waals surface area contributed by atoms with E-state index in [2.05, 4.69) is 15.1 Å². The molecule has 0 saturated carbocycles. The molecule has 0 aromatic carbocycles. The van der Waals surface area contributed by atoms with Gasteiger partial charge in [0.25, 0.3) is 5.91 Å². The number of thiazole rings is 1. The Balaban J connectivity index is 1.47. The molecule has 0 atom stereocenters. The first-order valence-electron chi connectivity index (χ1n) is 9.07. The Morgan fingerprint density at radius 1 is 1.15 bits per heavy atom. The van der Waals surface area contributed by atoms with E-state index in [-0.39, 0.29) is 5.91 Å². The Kier molecular flexibility index (Phi) is 4.73. The topological polar surface area (TPSA) is 76.8 Å². The number of rotatable bonds is 3. The van der Waals surface area contributed by atoms with Crippen LogP contribution in [0.5, 0.6) is 0 Å². The zero-order valence-corrected chi connectivity index (χ0v) is 16.5. The molecule has 1 aliphatic rings. The highest BCUT2D eigenvalue weighted by Crippen LogP contribution is 2.36. The molecule has 0 N–H and O–H groups in total. The highest BCUT2D eigenvalue weighted by Gasteiger charge is 2.28. The van der Waals surface area contributed by atoms with Gasteiger partial charge >= 0.3 is 0 Å². The van der Waals surface area contributed by atoms with Gasteiger partial charge in [-0.15, -0.1) is 11.3 Å². The zero-order valence-electron chi connectivity index (χ0n) is 15.7. The van der Waals surface area contributed by atoms with Crippen molar-refractivity contribution in [3.63, 3.8) is 0 Å². The molecule has 1 amide bonds. The monoisotopic (exact) mass is 382 g/mol. The van der Waals surface area contributed by atoms with Crippen molar-refractivity contribution in [2.24, 2.45) is 7.05 Å². The third-order valence-corrected chi connectivity index (χ3v) is 6.34. The first-order chi connectivity index (χ1) is 13.0. The predicted octanol–water partition coefficient (Wildman–Crippen LogP) is 2.97. The largest absolute Gasteiger partial charge is 0.337 e. The van der Waals surface area contributed by atoms with Crippen molar-refractivity contribution >= 4 is 17.2 Å². The lowest BCUT2D eigenvalue weighted by Gasteiger charge is -2.31. The third-order valence-electron chi connectivity index (χ3n) is 4.99. The first-order valence-corrected chi connectivity index (χ1v) is 9.89. The highest BCUT2D eigenvalue weighted by molar-refractivity contribution is 7.15. The standard InChI is InChI=1S/C19H22N6OS/c1-12-17(15-4-8-20-13(2)23-15)27-18(22-12)14-6-10-25(11-7-14)19(26)16-5-9-21-24(16)3/h4-5,8-9,14H,6-7,10-11H2,1-3H3. The van der Waals surface area contributed by atoms with Gasteiger partial charge in [-0.2, -0.15) is 5.10 Å². The summed E-state index contributed by atoms with van der Waals surface area (Å²) in [7, 11) is 1.80.